The van der Waals surface area contributed by atoms with E-state index in [1.54, 1.807) is 4.90 Å². The van der Waals surface area contributed by atoms with Crippen molar-refractivity contribution in [3.8, 4) is 0 Å². The van der Waals surface area contributed by atoms with Crippen LogP contribution in [0.3, 0.4) is 0 Å². The molecule has 1 aromatic carbocycles. The molecule has 0 aliphatic carbocycles. The highest BCUT2D eigenvalue weighted by Gasteiger charge is 2.42. The molecule has 3 nitrogen and oxygen atoms in total. The number of aryl methyl sites for hydroxylation is 1. The number of hydrogen-bond acceptors (Lipinski definition) is 2. The van der Waals surface area contributed by atoms with E-state index in [4.69, 9.17) is 0 Å². The van der Waals surface area contributed by atoms with E-state index in [0.717, 1.165) is 15.6 Å². The van der Waals surface area contributed by atoms with E-state index in [9.17, 15) is 9.90 Å². The molecular formula is C15H20BrNO2. The third-order valence-corrected chi connectivity index (χ3v) is 4.58. The molecule has 1 heterocycles. The molecule has 0 spiro atoms. The molecule has 0 radical (unpaired) electrons. The van der Waals surface area contributed by atoms with Crippen LogP contribution in [0, 0.1) is 6.92 Å². The summed E-state index contributed by atoms with van der Waals surface area (Å²) in [5, 5.41) is 9.94. The van der Waals surface area contributed by atoms with Crippen molar-refractivity contribution in [2.24, 2.45) is 0 Å². The van der Waals surface area contributed by atoms with Crippen molar-refractivity contribution < 1.29 is 9.90 Å². The standard InChI is InChI=1S/C15H20BrNO2/c1-10-4-5-12(16)8-11(10)9-14(19)17-7-6-13(18)15(17,2)3/h4-5,8,13,18H,6-7,9H2,1-3H3. The van der Waals surface area contributed by atoms with Gasteiger partial charge in [0, 0.05) is 11.0 Å². The van der Waals surface area contributed by atoms with Gasteiger partial charge in [0.2, 0.25) is 5.91 Å². The molecule has 2 rings (SSSR count). The first kappa shape index (κ1) is 14.5. The van der Waals surface area contributed by atoms with Crippen LogP contribution >= 0.6 is 15.9 Å². The van der Waals surface area contributed by atoms with Crippen LogP contribution in [-0.2, 0) is 11.2 Å². The topological polar surface area (TPSA) is 40.5 Å². The molecular weight excluding hydrogens is 306 g/mol. The van der Waals surface area contributed by atoms with Crippen LogP contribution in [0.1, 0.15) is 31.4 Å². The van der Waals surface area contributed by atoms with Crippen LogP contribution in [0.4, 0.5) is 0 Å². The Morgan fingerprint density at radius 3 is 2.79 bits per heavy atom. The molecule has 1 aliphatic rings. The van der Waals surface area contributed by atoms with Crippen LogP contribution in [0.25, 0.3) is 0 Å². The normalized spacial score (nSPS) is 21.7. The zero-order valence-corrected chi connectivity index (χ0v) is 13.2. The van der Waals surface area contributed by atoms with E-state index in [-0.39, 0.29) is 5.91 Å². The summed E-state index contributed by atoms with van der Waals surface area (Å²) < 4.78 is 0.988. The highest BCUT2D eigenvalue weighted by atomic mass is 79.9. The smallest absolute Gasteiger partial charge is 0.227 e. The van der Waals surface area contributed by atoms with Crippen molar-refractivity contribution in [1.29, 1.82) is 0 Å². The largest absolute Gasteiger partial charge is 0.391 e. The summed E-state index contributed by atoms with van der Waals surface area (Å²) in [6, 6.07) is 5.98. The molecule has 1 saturated heterocycles. The zero-order chi connectivity index (χ0) is 14.2. The minimum absolute atomic E-state index is 0.0859. The maximum atomic E-state index is 12.4. The monoisotopic (exact) mass is 325 g/mol. The van der Waals surface area contributed by atoms with E-state index in [1.807, 2.05) is 39.0 Å². The molecule has 0 aromatic heterocycles. The fourth-order valence-corrected chi connectivity index (χ4v) is 3.02. The molecule has 1 fully saturated rings. The van der Waals surface area contributed by atoms with Gasteiger partial charge in [0.15, 0.2) is 0 Å². The van der Waals surface area contributed by atoms with Gasteiger partial charge in [0.25, 0.3) is 0 Å². The lowest BCUT2D eigenvalue weighted by Gasteiger charge is -2.34. The summed E-state index contributed by atoms with van der Waals surface area (Å²) in [7, 11) is 0. The Labute approximate surface area is 122 Å². The lowest BCUT2D eigenvalue weighted by atomic mass is 9.97. The Morgan fingerprint density at radius 1 is 1.53 bits per heavy atom. The van der Waals surface area contributed by atoms with Gasteiger partial charge in [-0.05, 0) is 50.5 Å². The summed E-state index contributed by atoms with van der Waals surface area (Å²) >= 11 is 3.44. The lowest BCUT2D eigenvalue weighted by molar-refractivity contribution is -0.135. The molecule has 1 aliphatic heterocycles. The van der Waals surface area contributed by atoms with Gasteiger partial charge in [-0.25, -0.2) is 0 Å². The number of carbonyl (C=O) groups is 1. The van der Waals surface area contributed by atoms with E-state index < -0.39 is 11.6 Å². The van der Waals surface area contributed by atoms with Crippen molar-refractivity contribution in [1.82, 2.24) is 4.90 Å². The van der Waals surface area contributed by atoms with Gasteiger partial charge >= 0.3 is 0 Å². The third-order valence-electron chi connectivity index (χ3n) is 4.09. The number of halogens is 1. The van der Waals surface area contributed by atoms with E-state index in [1.165, 1.54) is 0 Å². The number of aliphatic hydroxyl groups excluding tert-OH is 1. The minimum atomic E-state index is -0.461. The van der Waals surface area contributed by atoms with E-state index in [0.29, 0.717) is 19.4 Å². The number of likely N-dealkylation sites (tertiary alicyclic amines) is 1. The Balaban J connectivity index is 2.16. The van der Waals surface area contributed by atoms with Gasteiger partial charge in [-0.15, -0.1) is 0 Å². The SMILES string of the molecule is Cc1ccc(Br)cc1CC(=O)N1CCC(O)C1(C)C. The Kier molecular flexibility index (Phi) is 4.02. The first-order valence-electron chi connectivity index (χ1n) is 6.56. The second kappa shape index (κ2) is 5.25. The summed E-state index contributed by atoms with van der Waals surface area (Å²) in [6.07, 6.45) is 0.623. The van der Waals surface area contributed by atoms with Crippen molar-refractivity contribution in [2.75, 3.05) is 6.54 Å². The highest BCUT2D eigenvalue weighted by Crippen LogP contribution is 2.29. The number of carbonyl (C=O) groups excluding carboxylic acids is 1. The minimum Gasteiger partial charge on any atom is -0.391 e. The van der Waals surface area contributed by atoms with Gasteiger partial charge in [0.1, 0.15) is 0 Å². The van der Waals surface area contributed by atoms with Gasteiger partial charge in [-0.2, -0.15) is 0 Å². The maximum Gasteiger partial charge on any atom is 0.227 e. The molecule has 1 amide bonds. The second-order valence-electron chi connectivity index (χ2n) is 5.75. The quantitative estimate of drug-likeness (QED) is 0.908. The number of benzene rings is 1. The predicted molar refractivity (Wildman–Crippen MR) is 79.0 cm³/mol. The average molecular weight is 326 g/mol. The van der Waals surface area contributed by atoms with E-state index >= 15 is 0 Å². The van der Waals surface area contributed by atoms with Crippen LogP contribution in [0.5, 0.6) is 0 Å². The van der Waals surface area contributed by atoms with Crippen LogP contribution < -0.4 is 0 Å². The number of rotatable bonds is 2. The van der Waals surface area contributed by atoms with E-state index in [2.05, 4.69) is 15.9 Å². The fraction of sp³-hybridized carbons (Fsp3) is 0.533. The van der Waals surface area contributed by atoms with Crippen LogP contribution in [0.2, 0.25) is 0 Å². The third kappa shape index (κ3) is 2.84. The van der Waals surface area contributed by atoms with Crippen molar-refractivity contribution in [2.45, 2.75) is 45.3 Å². The number of hydrogen-bond donors (Lipinski definition) is 1. The average Bonchev–Trinajstić information content (AvgIpc) is 2.59. The second-order valence-corrected chi connectivity index (χ2v) is 6.67. The lowest BCUT2D eigenvalue weighted by Crippen LogP contribution is -2.48. The highest BCUT2D eigenvalue weighted by molar-refractivity contribution is 9.10. The number of nitrogens with zero attached hydrogens (tertiary/aromatic N) is 1. The molecule has 104 valence electrons. The van der Waals surface area contributed by atoms with Crippen LogP contribution in [-0.4, -0.2) is 34.1 Å². The van der Waals surface area contributed by atoms with Crippen molar-refractivity contribution >= 4 is 21.8 Å². The molecule has 19 heavy (non-hydrogen) atoms. The van der Waals surface area contributed by atoms with Gasteiger partial charge < -0.3 is 10.0 Å². The van der Waals surface area contributed by atoms with Gasteiger partial charge in [-0.3, -0.25) is 4.79 Å². The Morgan fingerprint density at radius 2 is 2.21 bits per heavy atom. The Bertz CT molecular complexity index is 499. The van der Waals surface area contributed by atoms with Gasteiger partial charge in [0.05, 0.1) is 18.1 Å². The van der Waals surface area contributed by atoms with Gasteiger partial charge in [-0.1, -0.05) is 22.0 Å². The summed E-state index contributed by atoms with van der Waals surface area (Å²) in [5.74, 6) is 0.0859. The Hall–Kier alpha value is -0.870. The number of aliphatic hydroxyl groups is 1. The molecule has 0 bridgehead atoms. The predicted octanol–water partition coefficient (Wildman–Crippen LogP) is 2.67. The van der Waals surface area contributed by atoms with Crippen LogP contribution in [0.15, 0.2) is 22.7 Å². The first-order valence-corrected chi connectivity index (χ1v) is 7.35. The summed E-state index contributed by atoms with van der Waals surface area (Å²) in [5.41, 5.74) is 1.70. The summed E-state index contributed by atoms with van der Waals surface area (Å²) in [6.45, 7) is 6.51. The molecule has 0 saturated carbocycles. The molecule has 1 atom stereocenters. The number of amides is 1. The summed E-state index contributed by atoms with van der Waals surface area (Å²) in [4.78, 5) is 14.2. The first-order chi connectivity index (χ1) is 8.82. The molecule has 1 aromatic rings. The van der Waals surface area contributed by atoms with Crippen molar-refractivity contribution in [3.63, 3.8) is 0 Å². The fourth-order valence-electron chi connectivity index (χ4n) is 2.61. The molecule has 1 unspecified atom stereocenters. The molecule has 4 heteroatoms. The maximum absolute atomic E-state index is 12.4. The van der Waals surface area contributed by atoms with Crippen molar-refractivity contribution in [3.05, 3.63) is 33.8 Å². The zero-order valence-electron chi connectivity index (χ0n) is 11.6. The molecule has 1 N–H and O–H groups in total.